The second kappa shape index (κ2) is 6.37. The van der Waals surface area contributed by atoms with Crippen molar-refractivity contribution in [2.24, 2.45) is 28.6 Å². The quantitative estimate of drug-likeness (QED) is 0.386. The molecule has 7 heteroatoms. The molecule has 1 aliphatic heterocycles. The van der Waals surface area contributed by atoms with Gasteiger partial charge >= 0.3 is 5.97 Å². The van der Waals surface area contributed by atoms with Crippen molar-refractivity contribution in [3.05, 3.63) is 11.6 Å². The molecule has 166 valence electrons. The van der Waals surface area contributed by atoms with E-state index in [-0.39, 0.29) is 37.2 Å². The maximum absolute atomic E-state index is 12.5. The van der Waals surface area contributed by atoms with Crippen molar-refractivity contribution in [3.8, 4) is 0 Å². The van der Waals surface area contributed by atoms with Crippen LogP contribution in [0.15, 0.2) is 11.6 Å². The Balaban J connectivity index is 1.54. The maximum atomic E-state index is 12.5. The van der Waals surface area contributed by atoms with Gasteiger partial charge in [-0.15, -0.1) is 0 Å². The SMILES string of the molecule is C[C@]12CC[C@H]3[C@@H](CC[C@]4(O)C[C@@H](O)CC[C@]34C=O)[C@@]1(O)C[C@H](O)[C@@H]2C1=CC(=O)OC1. The fraction of sp³-hybridized carbons (Fsp3) is 0.826. The van der Waals surface area contributed by atoms with Crippen molar-refractivity contribution in [3.63, 3.8) is 0 Å². The number of fused-ring (bicyclic) bond motifs is 5. The van der Waals surface area contributed by atoms with E-state index in [1.54, 1.807) is 0 Å². The van der Waals surface area contributed by atoms with E-state index in [4.69, 9.17) is 4.74 Å². The molecule has 0 amide bonds. The minimum Gasteiger partial charge on any atom is -0.458 e. The van der Waals surface area contributed by atoms with Crippen LogP contribution in [0.3, 0.4) is 0 Å². The normalized spacial score (nSPS) is 55.2. The highest BCUT2D eigenvalue weighted by Gasteiger charge is 2.73. The molecule has 4 N–H and O–H groups in total. The van der Waals surface area contributed by atoms with E-state index in [1.807, 2.05) is 6.92 Å². The summed E-state index contributed by atoms with van der Waals surface area (Å²) >= 11 is 0. The Morgan fingerprint density at radius 3 is 2.47 bits per heavy atom. The van der Waals surface area contributed by atoms with Gasteiger partial charge in [0.2, 0.25) is 0 Å². The lowest BCUT2D eigenvalue weighted by molar-refractivity contribution is -0.248. The molecule has 0 radical (unpaired) electrons. The Morgan fingerprint density at radius 1 is 1.07 bits per heavy atom. The van der Waals surface area contributed by atoms with Gasteiger partial charge < -0.3 is 30.0 Å². The van der Waals surface area contributed by atoms with E-state index >= 15 is 0 Å². The fourth-order valence-corrected chi connectivity index (χ4v) is 8.42. The Kier molecular flexibility index (Phi) is 4.38. The average Bonchev–Trinajstić information content (AvgIpc) is 3.18. The Morgan fingerprint density at radius 2 is 1.80 bits per heavy atom. The summed E-state index contributed by atoms with van der Waals surface area (Å²) in [5, 5.41) is 44.7. The van der Waals surface area contributed by atoms with E-state index in [0.717, 1.165) is 11.9 Å². The number of aldehydes is 1. The van der Waals surface area contributed by atoms with Gasteiger partial charge in [0.25, 0.3) is 0 Å². The second-order valence-corrected chi connectivity index (χ2v) is 10.8. The molecule has 0 bridgehead atoms. The summed E-state index contributed by atoms with van der Waals surface area (Å²) in [4.78, 5) is 24.2. The molecule has 1 heterocycles. The molecule has 5 rings (SSSR count). The highest BCUT2D eigenvalue weighted by atomic mass is 16.5. The smallest absolute Gasteiger partial charge is 0.331 e. The van der Waals surface area contributed by atoms with Gasteiger partial charge in [-0.2, -0.15) is 0 Å². The van der Waals surface area contributed by atoms with Crippen LogP contribution in [0.25, 0.3) is 0 Å². The zero-order chi connectivity index (χ0) is 21.5. The van der Waals surface area contributed by atoms with Crippen molar-refractivity contribution in [2.75, 3.05) is 6.61 Å². The first-order valence-corrected chi connectivity index (χ1v) is 11.2. The van der Waals surface area contributed by atoms with Gasteiger partial charge in [-0.25, -0.2) is 4.79 Å². The standard InChI is InChI=1S/C23H32O7/c1-20-5-3-15-16(4-7-22(28)9-14(25)2-6-21(15,22)12-24)23(20,29)10-17(26)19(20)13-8-18(27)30-11-13/h8,12,14-17,19,25-26,28-29H,2-7,9-11H2,1H3/t14-,15-,16+,17-,19-,20+,21-,22-,23-/m0/s1. The first-order chi connectivity index (χ1) is 14.1. The third kappa shape index (κ3) is 2.35. The van der Waals surface area contributed by atoms with E-state index in [2.05, 4.69) is 0 Å². The molecule has 9 atom stereocenters. The number of aliphatic hydroxyl groups excluding tert-OH is 2. The van der Waals surface area contributed by atoms with Crippen molar-refractivity contribution in [2.45, 2.75) is 81.7 Å². The molecule has 7 nitrogen and oxygen atoms in total. The van der Waals surface area contributed by atoms with Gasteiger partial charge in [-0.3, -0.25) is 0 Å². The molecule has 0 unspecified atom stereocenters. The Bertz CT molecular complexity index is 809. The second-order valence-electron chi connectivity index (χ2n) is 10.8. The monoisotopic (exact) mass is 420 g/mol. The number of cyclic esters (lactones) is 1. The molecule has 0 spiro atoms. The van der Waals surface area contributed by atoms with Gasteiger partial charge in [0, 0.05) is 30.3 Å². The Labute approximate surface area is 176 Å². The van der Waals surface area contributed by atoms with Crippen LogP contribution >= 0.6 is 0 Å². The molecular formula is C23H32O7. The van der Waals surface area contributed by atoms with Crippen molar-refractivity contribution in [1.82, 2.24) is 0 Å². The predicted molar refractivity (Wildman–Crippen MR) is 105 cm³/mol. The lowest BCUT2D eigenvalue weighted by Crippen LogP contribution is -2.68. The first kappa shape index (κ1) is 20.6. The van der Waals surface area contributed by atoms with Crippen molar-refractivity contribution < 1.29 is 34.8 Å². The first-order valence-electron chi connectivity index (χ1n) is 11.2. The average molecular weight is 421 g/mol. The van der Waals surface area contributed by atoms with E-state index < -0.39 is 40.2 Å². The number of esters is 1. The molecular weight excluding hydrogens is 388 g/mol. The minimum atomic E-state index is -1.25. The van der Waals surface area contributed by atoms with Gasteiger partial charge in [-0.05, 0) is 55.9 Å². The largest absolute Gasteiger partial charge is 0.458 e. The van der Waals surface area contributed by atoms with Gasteiger partial charge in [-0.1, -0.05) is 6.92 Å². The third-order valence-electron chi connectivity index (χ3n) is 9.81. The van der Waals surface area contributed by atoms with Crippen LogP contribution < -0.4 is 0 Å². The number of ether oxygens (including phenoxy) is 1. The van der Waals surface area contributed by atoms with Crippen LogP contribution in [-0.4, -0.2) is 62.7 Å². The molecule has 5 aliphatic rings. The molecule has 0 aromatic heterocycles. The summed E-state index contributed by atoms with van der Waals surface area (Å²) in [7, 11) is 0. The Hall–Kier alpha value is -1.28. The number of aliphatic hydroxyl groups is 4. The zero-order valence-corrected chi connectivity index (χ0v) is 17.4. The van der Waals surface area contributed by atoms with Crippen LogP contribution in [0, 0.1) is 28.6 Å². The van der Waals surface area contributed by atoms with E-state index in [1.165, 1.54) is 6.08 Å². The van der Waals surface area contributed by atoms with Gasteiger partial charge in [0.05, 0.1) is 28.8 Å². The van der Waals surface area contributed by atoms with Gasteiger partial charge in [0.1, 0.15) is 12.9 Å². The highest BCUT2D eigenvalue weighted by molar-refractivity contribution is 5.85. The summed E-state index contributed by atoms with van der Waals surface area (Å²) in [5.41, 5.74) is -3.31. The zero-order valence-electron chi connectivity index (χ0n) is 17.4. The number of carbonyl (C=O) groups excluding carboxylic acids is 2. The van der Waals surface area contributed by atoms with Crippen LogP contribution in [0.2, 0.25) is 0 Å². The third-order valence-corrected chi connectivity index (χ3v) is 9.81. The van der Waals surface area contributed by atoms with Crippen LogP contribution in [0.1, 0.15) is 58.3 Å². The number of rotatable bonds is 2. The molecule has 0 aromatic carbocycles. The molecule has 0 aromatic rings. The maximum Gasteiger partial charge on any atom is 0.331 e. The summed E-state index contributed by atoms with van der Waals surface area (Å²) in [6.07, 6.45) is 4.37. The molecule has 4 saturated carbocycles. The molecule has 4 aliphatic carbocycles. The minimum absolute atomic E-state index is 0.149. The topological polar surface area (TPSA) is 124 Å². The fourth-order valence-electron chi connectivity index (χ4n) is 8.42. The van der Waals surface area contributed by atoms with Gasteiger partial charge in [0.15, 0.2) is 0 Å². The summed E-state index contributed by atoms with van der Waals surface area (Å²) in [5.74, 6) is -1.19. The van der Waals surface area contributed by atoms with Crippen LogP contribution in [-0.2, 0) is 14.3 Å². The van der Waals surface area contributed by atoms with E-state index in [9.17, 15) is 30.0 Å². The summed E-state index contributed by atoms with van der Waals surface area (Å²) in [6.45, 7) is 2.14. The molecule has 4 fully saturated rings. The number of carbonyl (C=O) groups is 2. The lowest BCUT2D eigenvalue weighted by atomic mass is 9.41. The highest BCUT2D eigenvalue weighted by Crippen LogP contribution is 2.70. The predicted octanol–water partition coefficient (Wildman–Crippen LogP) is 0.869. The summed E-state index contributed by atoms with van der Waals surface area (Å²) < 4.78 is 5.09. The van der Waals surface area contributed by atoms with Crippen LogP contribution in [0.4, 0.5) is 0 Å². The number of hydrogen-bond donors (Lipinski definition) is 4. The number of hydrogen-bond acceptors (Lipinski definition) is 7. The van der Waals surface area contributed by atoms with Crippen LogP contribution in [0.5, 0.6) is 0 Å². The summed E-state index contributed by atoms with van der Waals surface area (Å²) in [6, 6.07) is 0. The van der Waals surface area contributed by atoms with Crippen molar-refractivity contribution in [1.29, 1.82) is 0 Å². The molecule has 30 heavy (non-hydrogen) atoms. The van der Waals surface area contributed by atoms with E-state index in [0.29, 0.717) is 38.5 Å². The van der Waals surface area contributed by atoms with Crippen molar-refractivity contribution >= 4 is 12.3 Å². The lowest BCUT2D eigenvalue weighted by Gasteiger charge is -2.65. The molecule has 0 saturated heterocycles.